The Bertz CT molecular complexity index is 1200. The van der Waals surface area contributed by atoms with Crippen LogP contribution in [0.5, 0.6) is 0 Å². The van der Waals surface area contributed by atoms with Crippen molar-refractivity contribution in [2.24, 2.45) is 10.8 Å². The van der Waals surface area contributed by atoms with Gasteiger partial charge in [-0.15, -0.1) is 0 Å². The van der Waals surface area contributed by atoms with Crippen LogP contribution in [0.4, 0.5) is 5.69 Å². The van der Waals surface area contributed by atoms with E-state index < -0.39 is 5.91 Å². The van der Waals surface area contributed by atoms with E-state index >= 15 is 0 Å². The maximum absolute atomic E-state index is 12.9. The van der Waals surface area contributed by atoms with Crippen LogP contribution in [-0.2, 0) is 0 Å². The second kappa shape index (κ2) is 8.10. The molecule has 9 nitrogen and oxygen atoms in total. The van der Waals surface area contributed by atoms with Gasteiger partial charge in [-0.3, -0.25) is 25.0 Å². The van der Waals surface area contributed by atoms with Crippen molar-refractivity contribution >= 4 is 23.8 Å². The first-order chi connectivity index (χ1) is 15.6. The SMILES string of the molecule is NC(=O)c1ccc(-c2ccnc(C(=O)Nc3cccc(C4NN=CN4C4CC4)c3)c2)cn1. The van der Waals surface area contributed by atoms with Crippen molar-refractivity contribution in [2.45, 2.75) is 25.0 Å². The molecule has 1 atom stereocenters. The van der Waals surface area contributed by atoms with Crippen LogP contribution in [0.3, 0.4) is 0 Å². The zero-order valence-electron chi connectivity index (χ0n) is 17.1. The number of anilines is 1. The first-order valence-corrected chi connectivity index (χ1v) is 10.3. The number of primary amides is 1. The van der Waals surface area contributed by atoms with Crippen molar-refractivity contribution in [3.8, 4) is 11.1 Å². The van der Waals surface area contributed by atoms with E-state index in [2.05, 4.69) is 30.7 Å². The van der Waals surface area contributed by atoms with Crippen LogP contribution in [0, 0.1) is 0 Å². The lowest BCUT2D eigenvalue weighted by molar-refractivity contribution is 0.0993. The molecule has 160 valence electrons. The fourth-order valence-corrected chi connectivity index (χ4v) is 3.65. The summed E-state index contributed by atoms with van der Waals surface area (Å²) in [6.45, 7) is 0. The summed E-state index contributed by atoms with van der Waals surface area (Å²) in [6.07, 6.45) is 7.26. The van der Waals surface area contributed by atoms with Crippen LogP contribution in [0.1, 0.15) is 45.5 Å². The molecular weight excluding hydrogens is 406 g/mol. The molecule has 2 aliphatic rings. The minimum atomic E-state index is -0.590. The number of nitrogens with zero attached hydrogens (tertiary/aromatic N) is 4. The number of benzene rings is 1. The van der Waals surface area contributed by atoms with Gasteiger partial charge in [0.05, 0.1) is 0 Å². The van der Waals surface area contributed by atoms with E-state index in [4.69, 9.17) is 5.73 Å². The predicted octanol–water partition coefficient (Wildman–Crippen LogP) is 2.50. The van der Waals surface area contributed by atoms with Crippen molar-refractivity contribution < 1.29 is 9.59 Å². The summed E-state index contributed by atoms with van der Waals surface area (Å²) < 4.78 is 0. The molecule has 9 heteroatoms. The van der Waals surface area contributed by atoms with Crippen LogP contribution in [0.2, 0.25) is 0 Å². The van der Waals surface area contributed by atoms with Gasteiger partial charge in [0, 0.05) is 29.7 Å². The predicted molar refractivity (Wildman–Crippen MR) is 120 cm³/mol. The molecule has 1 saturated carbocycles. The van der Waals surface area contributed by atoms with Crippen LogP contribution >= 0.6 is 0 Å². The Kier molecular flexibility index (Phi) is 4.98. The van der Waals surface area contributed by atoms with Gasteiger partial charge in [-0.1, -0.05) is 18.2 Å². The number of pyridine rings is 2. The molecule has 0 radical (unpaired) electrons. The van der Waals surface area contributed by atoms with Crippen molar-refractivity contribution in [3.05, 3.63) is 77.9 Å². The quantitative estimate of drug-likeness (QED) is 0.555. The lowest BCUT2D eigenvalue weighted by Gasteiger charge is -2.24. The number of nitrogens with one attached hydrogen (secondary N) is 2. The molecule has 3 aromatic rings. The van der Waals surface area contributed by atoms with E-state index in [0.717, 1.165) is 16.7 Å². The first-order valence-electron chi connectivity index (χ1n) is 10.3. The average Bonchev–Trinajstić information content (AvgIpc) is 3.55. The monoisotopic (exact) mass is 427 g/mol. The molecule has 5 rings (SSSR count). The van der Waals surface area contributed by atoms with E-state index in [9.17, 15) is 9.59 Å². The van der Waals surface area contributed by atoms with E-state index in [1.165, 1.54) is 12.8 Å². The molecule has 4 N–H and O–H groups in total. The van der Waals surface area contributed by atoms with Crippen LogP contribution < -0.4 is 16.5 Å². The molecule has 0 spiro atoms. The maximum atomic E-state index is 12.9. The van der Waals surface area contributed by atoms with Crippen molar-refractivity contribution in [1.29, 1.82) is 0 Å². The number of amides is 2. The van der Waals surface area contributed by atoms with Crippen LogP contribution in [0.25, 0.3) is 11.1 Å². The van der Waals surface area contributed by atoms with Gasteiger partial charge in [-0.05, 0) is 54.3 Å². The lowest BCUT2D eigenvalue weighted by atomic mass is 10.1. The standard InChI is InChI=1S/C23H21N7O2/c24-21(31)19-7-4-16(12-26-19)14-8-9-25-20(11-14)23(32)28-17-3-1-2-15(10-17)22-29-27-13-30(22)18-5-6-18/h1-4,7-13,18,22,29H,5-6H2,(H2,24,31)(H,28,32). The van der Waals surface area contributed by atoms with Gasteiger partial charge in [0.2, 0.25) is 0 Å². The number of rotatable bonds is 6. The average molecular weight is 427 g/mol. The van der Waals surface area contributed by atoms with Gasteiger partial charge in [0.15, 0.2) is 0 Å². The van der Waals surface area contributed by atoms with Gasteiger partial charge in [0.25, 0.3) is 11.8 Å². The summed E-state index contributed by atoms with van der Waals surface area (Å²) in [6, 6.07) is 15.0. The Balaban J connectivity index is 1.32. The van der Waals surface area contributed by atoms with E-state index in [0.29, 0.717) is 11.7 Å². The van der Waals surface area contributed by atoms with E-state index in [-0.39, 0.29) is 23.5 Å². The van der Waals surface area contributed by atoms with Crippen molar-refractivity contribution in [1.82, 2.24) is 20.3 Å². The van der Waals surface area contributed by atoms with Crippen LogP contribution in [0.15, 0.2) is 66.0 Å². The molecular formula is C23H21N7O2. The fourth-order valence-electron chi connectivity index (χ4n) is 3.65. The Morgan fingerprint density at radius 1 is 1.03 bits per heavy atom. The summed E-state index contributed by atoms with van der Waals surface area (Å²) in [4.78, 5) is 34.5. The number of hydrogen-bond acceptors (Lipinski definition) is 7. The first kappa shape index (κ1) is 19.7. The molecule has 0 bridgehead atoms. The van der Waals surface area contributed by atoms with Gasteiger partial charge in [-0.2, -0.15) is 5.10 Å². The smallest absolute Gasteiger partial charge is 0.274 e. The lowest BCUT2D eigenvalue weighted by Crippen LogP contribution is -2.30. The summed E-state index contributed by atoms with van der Waals surface area (Å²) >= 11 is 0. The normalized spacial score (nSPS) is 17.1. The molecule has 3 heterocycles. The van der Waals surface area contributed by atoms with E-state index in [1.807, 2.05) is 30.6 Å². The number of aromatic nitrogens is 2. The number of carbonyl (C=O) groups is 2. The number of nitrogens with two attached hydrogens (primary N) is 1. The molecule has 0 saturated heterocycles. The van der Waals surface area contributed by atoms with Crippen LogP contribution in [-0.4, -0.2) is 39.1 Å². The maximum Gasteiger partial charge on any atom is 0.274 e. The summed E-state index contributed by atoms with van der Waals surface area (Å²) in [5.41, 5.74) is 12.0. The second-order valence-electron chi connectivity index (χ2n) is 7.76. The van der Waals surface area contributed by atoms with Crippen molar-refractivity contribution in [2.75, 3.05) is 5.32 Å². The summed E-state index contributed by atoms with van der Waals surface area (Å²) in [5.74, 6) is -0.909. The Morgan fingerprint density at radius 2 is 1.91 bits per heavy atom. The minimum Gasteiger partial charge on any atom is -0.364 e. The molecule has 1 aromatic carbocycles. The van der Waals surface area contributed by atoms with E-state index in [1.54, 1.807) is 36.7 Å². The Morgan fingerprint density at radius 3 is 2.66 bits per heavy atom. The van der Waals surface area contributed by atoms with Gasteiger partial charge < -0.3 is 16.0 Å². The molecule has 1 unspecified atom stereocenters. The third kappa shape index (κ3) is 4.00. The molecule has 1 aliphatic carbocycles. The molecule has 2 aromatic heterocycles. The molecule has 1 aliphatic heterocycles. The molecule has 32 heavy (non-hydrogen) atoms. The highest BCUT2D eigenvalue weighted by Gasteiger charge is 2.35. The molecule has 1 fully saturated rings. The summed E-state index contributed by atoms with van der Waals surface area (Å²) in [7, 11) is 0. The number of hydrogen-bond donors (Lipinski definition) is 3. The third-order valence-corrected chi connectivity index (χ3v) is 5.46. The highest BCUT2D eigenvalue weighted by molar-refractivity contribution is 6.03. The summed E-state index contributed by atoms with van der Waals surface area (Å²) in [5, 5.41) is 7.12. The van der Waals surface area contributed by atoms with Gasteiger partial charge >= 0.3 is 0 Å². The van der Waals surface area contributed by atoms with Gasteiger partial charge in [-0.25, -0.2) is 0 Å². The number of hydrazone groups is 1. The van der Waals surface area contributed by atoms with Crippen molar-refractivity contribution in [3.63, 3.8) is 0 Å². The highest BCUT2D eigenvalue weighted by Crippen LogP contribution is 2.34. The topological polar surface area (TPSA) is 126 Å². The molecule has 2 amide bonds. The zero-order valence-corrected chi connectivity index (χ0v) is 17.1. The Hall–Kier alpha value is -4.27. The number of carbonyl (C=O) groups excluding carboxylic acids is 2. The highest BCUT2D eigenvalue weighted by atomic mass is 16.2. The third-order valence-electron chi connectivity index (χ3n) is 5.46. The Labute approximate surface area is 184 Å². The zero-order chi connectivity index (χ0) is 22.1. The second-order valence-corrected chi connectivity index (χ2v) is 7.76. The fraction of sp³-hybridized carbons (Fsp3) is 0.174. The minimum absolute atomic E-state index is 0.0309. The van der Waals surface area contributed by atoms with Gasteiger partial charge in [0.1, 0.15) is 23.9 Å². The largest absolute Gasteiger partial charge is 0.364 e.